The molecule has 0 aliphatic carbocycles. The van der Waals surface area contributed by atoms with Crippen molar-refractivity contribution >= 4 is 12.0 Å². The summed E-state index contributed by atoms with van der Waals surface area (Å²) in [4.78, 5) is 27.4. The first-order valence-electron chi connectivity index (χ1n) is 7.01. The van der Waals surface area contributed by atoms with Crippen LogP contribution in [-0.2, 0) is 4.79 Å². The quantitative estimate of drug-likeness (QED) is 0.853. The Hall–Kier alpha value is -1.26. The van der Waals surface area contributed by atoms with Crippen LogP contribution in [0.25, 0.3) is 0 Å². The van der Waals surface area contributed by atoms with Crippen LogP contribution >= 0.6 is 0 Å². The van der Waals surface area contributed by atoms with E-state index in [0.717, 1.165) is 6.42 Å². The Morgan fingerprint density at radius 3 is 2.32 bits per heavy atom. The molecule has 5 heteroatoms. The summed E-state index contributed by atoms with van der Waals surface area (Å²) in [6, 6.07) is -0.0698. The van der Waals surface area contributed by atoms with Crippen molar-refractivity contribution in [2.45, 2.75) is 59.0 Å². The maximum absolute atomic E-state index is 12.6. The van der Waals surface area contributed by atoms with E-state index < -0.39 is 11.5 Å². The molecule has 19 heavy (non-hydrogen) atoms. The Morgan fingerprint density at radius 1 is 1.32 bits per heavy atom. The minimum absolute atomic E-state index is 0.0774. The lowest BCUT2D eigenvalue weighted by atomic mass is 9.99. The molecule has 110 valence electrons. The highest BCUT2D eigenvalue weighted by Crippen LogP contribution is 2.30. The summed E-state index contributed by atoms with van der Waals surface area (Å²) in [5, 5.41) is 9.38. The minimum atomic E-state index is -1.05. The van der Waals surface area contributed by atoms with E-state index in [1.54, 1.807) is 11.8 Å². The van der Waals surface area contributed by atoms with Crippen molar-refractivity contribution in [3.63, 3.8) is 0 Å². The average Bonchev–Trinajstić information content (AvgIpc) is 2.68. The smallest absolute Gasteiger partial charge is 0.329 e. The highest BCUT2D eigenvalue weighted by Gasteiger charge is 2.47. The molecular weight excluding hydrogens is 244 g/mol. The summed E-state index contributed by atoms with van der Waals surface area (Å²) in [6.07, 6.45) is 1.28. The van der Waals surface area contributed by atoms with Gasteiger partial charge >= 0.3 is 12.0 Å². The number of urea groups is 1. The van der Waals surface area contributed by atoms with Crippen LogP contribution in [0.1, 0.15) is 47.5 Å². The number of rotatable bonds is 4. The molecule has 1 rings (SSSR count). The van der Waals surface area contributed by atoms with E-state index in [4.69, 9.17) is 0 Å². The minimum Gasteiger partial charge on any atom is -0.480 e. The van der Waals surface area contributed by atoms with Crippen LogP contribution in [0.4, 0.5) is 4.79 Å². The molecule has 1 aliphatic rings. The summed E-state index contributed by atoms with van der Waals surface area (Å²) in [6.45, 7) is 10.9. The molecular formula is C14H26N2O3. The fraction of sp³-hybridized carbons (Fsp3) is 0.857. The SMILES string of the molecule is CC(C)CN(C(=O)N1CCCC1(C)C(=O)O)C(C)C. The van der Waals surface area contributed by atoms with Crippen molar-refractivity contribution in [2.24, 2.45) is 5.92 Å². The Morgan fingerprint density at radius 2 is 1.89 bits per heavy atom. The molecule has 0 radical (unpaired) electrons. The van der Waals surface area contributed by atoms with Crippen LogP contribution in [0.2, 0.25) is 0 Å². The number of amides is 2. The number of hydrogen-bond acceptors (Lipinski definition) is 2. The first-order chi connectivity index (χ1) is 8.70. The van der Waals surface area contributed by atoms with Gasteiger partial charge in [0.1, 0.15) is 5.54 Å². The fourth-order valence-corrected chi connectivity index (χ4v) is 2.55. The van der Waals surface area contributed by atoms with Crippen LogP contribution in [0.5, 0.6) is 0 Å². The molecule has 1 fully saturated rings. The van der Waals surface area contributed by atoms with Crippen molar-refractivity contribution < 1.29 is 14.7 Å². The second kappa shape index (κ2) is 5.80. The van der Waals surface area contributed by atoms with E-state index in [-0.39, 0.29) is 12.1 Å². The summed E-state index contributed by atoms with van der Waals surface area (Å²) < 4.78 is 0. The number of hydrogen-bond donors (Lipinski definition) is 1. The molecule has 5 nitrogen and oxygen atoms in total. The zero-order valence-corrected chi connectivity index (χ0v) is 12.6. The zero-order chi connectivity index (χ0) is 14.8. The molecule has 0 aromatic heterocycles. The highest BCUT2D eigenvalue weighted by atomic mass is 16.4. The van der Waals surface area contributed by atoms with Gasteiger partial charge in [-0.25, -0.2) is 9.59 Å². The van der Waals surface area contributed by atoms with Crippen molar-refractivity contribution in [2.75, 3.05) is 13.1 Å². The molecule has 1 unspecified atom stereocenters. The average molecular weight is 270 g/mol. The van der Waals surface area contributed by atoms with Gasteiger partial charge in [-0.1, -0.05) is 13.8 Å². The molecule has 0 aromatic carbocycles. The van der Waals surface area contributed by atoms with E-state index in [1.807, 2.05) is 13.8 Å². The topological polar surface area (TPSA) is 60.9 Å². The maximum Gasteiger partial charge on any atom is 0.329 e. The van der Waals surface area contributed by atoms with Crippen molar-refractivity contribution in [3.8, 4) is 0 Å². The first-order valence-corrected chi connectivity index (χ1v) is 7.01. The lowest BCUT2D eigenvalue weighted by Crippen LogP contribution is -2.56. The predicted molar refractivity (Wildman–Crippen MR) is 74.1 cm³/mol. The lowest BCUT2D eigenvalue weighted by molar-refractivity contribution is -0.147. The molecule has 0 aromatic rings. The third-order valence-electron chi connectivity index (χ3n) is 3.76. The lowest BCUT2D eigenvalue weighted by Gasteiger charge is -2.38. The van der Waals surface area contributed by atoms with Gasteiger partial charge in [0.2, 0.25) is 0 Å². The number of likely N-dealkylation sites (tertiary alicyclic amines) is 1. The molecule has 1 atom stereocenters. The van der Waals surface area contributed by atoms with Gasteiger partial charge in [-0.15, -0.1) is 0 Å². The fourth-order valence-electron chi connectivity index (χ4n) is 2.55. The van der Waals surface area contributed by atoms with Crippen LogP contribution in [0, 0.1) is 5.92 Å². The van der Waals surface area contributed by atoms with Gasteiger partial charge < -0.3 is 14.9 Å². The van der Waals surface area contributed by atoms with Gasteiger partial charge in [-0.05, 0) is 39.5 Å². The molecule has 1 aliphatic heterocycles. The Kier molecular flexibility index (Phi) is 4.82. The zero-order valence-electron chi connectivity index (χ0n) is 12.6. The van der Waals surface area contributed by atoms with Crippen LogP contribution in [0.15, 0.2) is 0 Å². The van der Waals surface area contributed by atoms with Gasteiger partial charge in [0.05, 0.1) is 0 Å². The van der Waals surface area contributed by atoms with Crippen molar-refractivity contribution in [3.05, 3.63) is 0 Å². The van der Waals surface area contributed by atoms with Crippen molar-refractivity contribution in [1.29, 1.82) is 0 Å². The van der Waals surface area contributed by atoms with E-state index in [1.165, 1.54) is 4.90 Å². The first kappa shape index (κ1) is 15.8. The number of carbonyl (C=O) groups is 2. The maximum atomic E-state index is 12.6. The molecule has 0 spiro atoms. The third kappa shape index (κ3) is 3.19. The number of nitrogens with zero attached hydrogens (tertiary/aromatic N) is 2. The molecule has 1 heterocycles. The van der Waals surface area contributed by atoms with Crippen LogP contribution in [0.3, 0.4) is 0 Å². The second-order valence-electron chi connectivity index (χ2n) is 6.26. The Balaban J connectivity index is 2.93. The number of carboxylic acids is 1. The molecule has 1 N–H and O–H groups in total. The van der Waals surface area contributed by atoms with E-state index in [0.29, 0.717) is 25.4 Å². The van der Waals surface area contributed by atoms with Crippen molar-refractivity contribution in [1.82, 2.24) is 9.80 Å². The third-order valence-corrected chi connectivity index (χ3v) is 3.76. The molecule has 1 saturated heterocycles. The van der Waals surface area contributed by atoms with E-state index in [2.05, 4.69) is 13.8 Å². The standard InChI is InChI=1S/C14H26N2O3/c1-10(2)9-15(11(3)4)13(19)16-8-6-7-14(16,5)12(17)18/h10-11H,6-9H2,1-5H3,(H,17,18). The van der Waals surface area contributed by atoms with Crippen LogP contribution < -0.4 is 0 Å². The summed E-state index contributed by atoms with van der Waals surface area (Å²) in [5.74, 6) is -0.545. The number of carboxylic acid groups (broad SMARTS) is 1. The summed E-state index contributed by atoms with van der Waals surface area (Å²) in [7, 11) is 0. The number of carbonyl (C=O) groups excluding carboxylic acids is 1. The monoisotopic (exact) mass is 270 g/mol. The number of aliphatic carboxylic acids is 1. The van der Waals surface area contributed by atoms with Gasteiger partial charge in [0.25, 0.3) is 0 Å². The predicted octanol–water partition coefficient (Wildman–Crippen LogP) is 2.41. The molecule has 0 saturated carbocycles. The molecule has 2 amide bonds. The van der Waals surface area contributed by atoms with Gasteiger partial charge in [0, 0.05) is 19.1 Å². The van der Waals surface area contributed by atoms with Crippen LogP contribution in [-0.4, -0.2) is 51.6 Å². The normalized spacial score (nSPS) is 23.2. The summed E-state index contributed by atoms with van der Waals surface area (Å²) >= 11 is 0. The van der Waals surface area contributed by atoms with E-state index >= 15 is 0 Å². The van der Waals surface area contributed by atoms with Gasteiger partial charge in [0.15, 0.2) is 0 Å². The van der Waals surface area contributed by atoms with E-state index in [9.17, 15) is 14.7 Å². The largest absolute Gasteiger partial charge is 0.480 e. The van der Waals surface area contributed by atoms with Gasteiger partial charge in [-0.3, -0.25) is 0 Å². The Bertz CT molecular complexity index is 355. The highest BCUT2D eigenvalue weighted by molar-refractivity contribution is 5.86. The van der Waals surface area contributed by atoms with Gasteiger partial charge in [-0.2, -0.15) is 0 Å². The molecule has 0 bridgehead atoms. The second-order valence-corrected chi connectivity index (χ2v) is 6.26. The summed E-state index contributed by atoms with van der Waals surface area (Å²) in [5.41, 5.74) is -1.05. The Labute approximate surface area is 115 Å².